The SMILES string of the molecule is COC(=O)c1c(OC)cnc(OC(F)(F)F)c1CBr. The fourth-order valence-corrected chi connectivity index (χ4v) is 1.84. The molecule has 19 heavy (non-hydrogen) atoms. The van der Waals surface area contributed by atoms with Crippen LogP contribution in [0.15, 0.2) is 6.20 Å². The number of rotatable bonds is 4. The molecule has 0 aliphatic rings. The Bertz CT molecular complexity index is 479. The number of hydrogen-bond acceptors (Lipinski definition) is 5. The molecule has 0 amide bonds. The van der Waals surface area contributed by atoms with Gasteiger partial charge in [-0.3, -0.25) is 0 Å². The number of ether oxygens (including phenoxy) is 3. The van der Waals surface area contributed by atoms with E-state index in [0.29, 0.717) is 0 Å². The summed E-state index contributed by atoms with van der Waals surface area (Å²) < 4.78 is 49.8. The van der Waals surface area contributed by atoms with Crippen molar-refractivity contribution in [2.45, 2.75) is 11.7 Å². The number of methoxy groups -OCH3 is 2. The second-order valence-electron chi connectivity index (χ2n) is 3.16. The van der Waals surface area contributed by atoms with Crippen LogP contribution < -0.4 is 9.47 Å². The van der Waals surface area contributed by atoms with Crippen molar-refractivity contribution >= 4 is 21.9 Å². The number of carbonyl (C=O) groups excluding carboxylic acids is 1. The number of halogens is 4. The number of pyridine rings is 1. The van der Waals surface area contributed by atoms with Crippen molar-refractivity contribution < 1.29 is 32.2 Å². The molecule has 0 fully saturated rings. The van der Waals surface area contributed by atoms with Crippen molar-refractivity contribution in [2.24, 2.45) is 0 Å². The van der Waals surface area contributed by atoms with Crippen LogP contribution in [-0.4, -0.2) is 31.5 Å². The summed E-state index contributed by atoms with van der Waals surface area (Å²) in [6.07, 6.45) is -3.95. The second-order valence-corrected chi connectivity index (χ2v) is 3.72. The summed E-state index contributed by atoms with van der Waals surface area (Å²) in [7, 11) is 2.36. The van der Waals surface area contributed by atoms with Gasteiger partial charge >= 0.3 is 12.3 Å². The second kappa shape index (κ2) is 6.09. The minimum atomic E-state index is -4.91. The van der Waals surface area contributed by atoms with Gasteiger partial charge in [0.2, 0.25) is 5.88 Å². The molecular weight excluding hydrogens is 335 g/mol. The topological polar surface area (TPSA) is 57.7 Å². The lowest BCUT2D eigenvalue weighted by Gasteiger charge is -2.15. The molecule has 1 aromatic rings. The quantitative estimate of drug-likeness (QED) is 0.621. The molecular formula is C10H9BrF3NO4. The summed E-state index contributed by atoms with van der Waals surface area (Å²) in [6.45, 7) is 0. The number of carbonyl (C=O) groups is 1. The van der Waals surface area contributed by atoms with Crippen molar-refractivity contribution in [3.05, 3.63) is 17.3 Å². The van der Waals surface area contributed by atoms with Gasteiger partial charge in [-0.05, 0) is 0 Å². The van der Waals surface area contributed by atoms with Crippen molar-refractivity contribution in [3.8, 4) is 11.6 Å². The van der Waals surface area contributed by atoms with Gasteiger partial charge in [0.25, 0.3) is 0 Å². The van der Waals surface area contributed by atoms with Crippen LogP contribution in [-0.2, 0) is 10.1 Å². The Morgan fingerprint density at radius 3 is 2.47 bits per heavy atom. The first-order valence-electron chi connectivity index (χ1n) is 4.80. The van der Waals surface area contributed by atoms with Crippen LogP contribution in [0.5, 0.6) is 11.6 Å². The molecule has 0 aliphatic heterocycles. The van der Waals surface area contributed by atoms with Crippen LogP contribution in [0.4, 0.5) is 13.2 Å². The molecule has 0 aromatic carbocycles. The first-order valence-corrected chi connectivity index (χ1v) is 5.92. The van der Waals surface area contributed by atoms with Crippen LogP contribution in [0.1, 0.15) is 15.9 Å². The van der Waals surface area contributed by atoms with E-state index in [4.69, 9.17) is 4.74 Å². The fourth-order valence-electron chi connectivity index (χ4n) is 1.32. The average molecular weight is 344 g/mol. The van der Waals surface area contributed by atoms with E-state index in [0.717, 1.165) is 13.3 Å². The minimum absolute atomic E-state index is 0.00387. The summed E-state index contributed by atoms with van der Waals surface area (Å²) in [5.41, 5.74) is -0.278. The standard InChI is InChI=1S/C10H9BrF3NO4/c1-17-6-4-15-8(19-10(12,13)14)5(3-11)7(6)9(16)18-2/h4H,3H2,1-2H3. The third kappa shape index (κ3) is 3.72. The van der Waals surface area contributed by atoms with Gasteiger partial charge in [-0.2, -0.15) is 0 Å². The van der Waals surface area contributed by atoms with Crippen LogP contribution in [0, 0.1) is 0 Å². The molecule has 0 unspecified atom stereocenters. The number of alkyl halides is 4. The fraction of sp³-hybridized carbons (Fsp3) is 0.400. The molecule has 0 saturated heterocycles. The molecule has 1 rings (SSSR count). The monoisotopic (exact) mass is 343 g/mol. The lowest BCUT2D eigenvalue weighted by atomic mass is 10.1. The van der Waals surface area contributed by atoms with E-state index in [9.17, 15) is 18.0 Å². The van der Waals surface area contributed by atoms with E-state index in [1.165, 1.54) is 7.11 Å². The third-order valence-corrected chi connectivity index (χ3v) is 2.62. The minimum Gasteiger partial charge on any atom is -0.494 e. The largest absolute Gasteiger partial charge is 0.574 e. The highest BCUT2D eigenvalue weighted by Crippen LogP contribution is 2.33. The summed E-state index contributed by atoms with van der Waals surface area (Å²) in [5, 5.41) is -0.0902. The average Bonchev–Trinajstić information content (AvgIpc) is 2.35. The smallest absolute Gasteiger partial charge is 0.494 e. The van der Waals surface area contributed by atoms with Gasteiger partial charge in [0.05, 0.1) is 20.4 Å². The lowest BCUT2D eigenvalue weighted by Crippen LogP contribution is -2.20. The number of hydrogen-bond donors (Lipinski definition) is 0. The number of esters is 1. The van der Waals surface area contributed by atoms with Gasteiger partial charge in [-0.15, -0.1) is 13.2 Å². The summed E-state index contributed by atoms with van der Waals surface area (Å²) in [6, 6.07) is 0. The van der Waals surface area contributed by atoms with Gasteiger partial charge in [-0.1, -0.05) is 15.9 Å². The van der Waals surface area contributed by atoms with Crippen molar-refractivity contribution in [2.75, 3.05) is 14.2 Å². The maximum absolute atomic E-state index is 12.2. The van der Waals surface area contributed by atoms with Gasteiger partial charge in [0.1, 0.15) is 5.56 Å². The van der Waals surface area contributed by atoms with Crippen LogP contribution in [0.3, 0.4) is 0 Å². The normalized spacial score (nSPS) is 11.1. The summed E-state index contributed by atoms with van der Waals surface area (Å²) >= 11 is 2.98. The molecule has 0 bridgehead atoms. The Morgan fingerprint density at radius 2 is 2.05 bits per heavy atom. The maximum Gasteiger partial charge on any atom is 0.574 e. The van der Waals surface area contributed by atoms with Crippen molar-refractivity contribution in [3.63, 3.8) is 0 Å². The summed E-state index contributed by atoms with van der Waals surface area (Å²) in [4.78, 5) is 15.1. The molecule has 1 heterocycles. The Hall–Kier alpha value is -1.51. The molecule has 106 valence electrons. The number of aromatic nitrogens is 1. The first-order chi connectivity index (χ1) is 8.84. The van der Waals surface area contributed by atoms with E-state index in [-0.39, 0.29) is 22.2 Å². The number of nitrogens with zero attached hydrogens (tertiary/aromatic N) is 1. The molecule has 5 nitrogen and oxygen atoms in total. The van der Waals surface area contributed by atoms with E-state index in [1.54, 1.807) is 0 Å². The van der Waals surface area contributed by atoms with E-state index >= 15 is 0 Å². The zero-order chi connectivity index (χ0) is 14.6. The molecule has 0 N–H and O–H groups in total. The van der Waals surface area contributed by atoms with E-state index < -0.39 is 18.2 Å². The Balaban J connectivity index is 3.40. The maximum atomic E-state index is 12.2. The summed E-state index contributed by atoms with van der Waals surface area (Å²) in [5.74, 6) is -1.58. The van der Waals surface area contributed by atoms with E-state index in [1.807, 2.05) is 0 Å². The molecule has 9 heteroatoms. The molecule has 0 radical (unpaired) electrons. The first kappa shape index (κ1) is 15.5. The lowest BCUT2D eigenvalue weighted by molar-refractivity contribution is -0.276. The molecule has 0 aliphatic carbocycles. The Kier molecular flexibility index (Phi) is 4.98. The molecule has 1 aromatic heterocycles. The highest BCUT2D eigenvalue weighted by atomic mass is 79.9. The predicted molar refractivity (Wildman–Crippen MR) is 61.4 cm³/mol. The van der Waals surface area contributed by atoms with Gasteiger partial charge < -0.3 is 14.2 Å². The van der Waals surface area contributed by atoms with Crippen molar-refractivity contribution in [1.29, 1.82) is 0 Å². The van der Waals surface area contributed by atoms with Gasteiger partial charge in [-0.25, -0.2) is 9.78 Å². The highest BCUT2D eigenvalue weighted by Gasteiger charge is 2.34. The molecule has 0 saturated carbocycles. The van der Waals surface area contributed by atoms with Crippen molar-refractivity contribution in [1.82, 2.24) is 4.98 Å². The molecule has 0 spiro atoms. The third-order valence-electron chi connectivity index (χ3n) is 2.06. The van der Waals surface area contributed by atoms with Crippen LogP contribution in [0.2, 0.25) is 0 Å². The Labute approximate surface area is 114 Å². The molecule has 0 atom stereocenters. The predicted octanol–water partition coefficient (Wildman–Crippen LogP) is 2.67. The zero-order valence-corrected chi connectivity index (χ0v) is 11.5. The Morgan fingerprint density at radius 1 is 1.42 bits per heavy atom. The van der Waals surface area contributed by atoms with Gasteiger partial charge in [0, 0.05) is 10.9 Å². The zero-order valence-electron chi connectivity index (χ0n) is 9.88. The van der Waals surface area contributed by atoms with Gasteiger partial charge in [0.15, 0.2) is 5.75 Å². The van der Waals surface area contributed by atoms with Crippen LogP contribution >= 0.6 is 15.9 Å². The van der Waals surface area contributed by atoms with Crippen LogP contribution in [0.25, 0.3) is 0 Å². The van der Waals surface area contributed by atoms with E-state index in [2.05, 4.69) is 30.4 Å². The highest BCUT2D eigenvalue weighted by molar-refractivity contribution is 9.08.